The summed E-state index contributed by atoms with van der Waals surface area (Å²) < 4.78 is 7.44. The molecule has 0 radical (unpaired) electrons. The van der Waals surface area contributed by atoms with Crippen molar-refractivity contribution in [1.82, 2.24) is 19.7 Å². The Morgan fingerprint density at radius 2 is 1.80 bits per heavy atom. The molecule has 0 spiro atoms. The number of hydrogen-bond acceptors (Lipinski definition) is 5. The van der Waals surface area contributed by atoms with Crippen molar-refractivity contribution < 1.29 is 9.21 Å². The van der Waals surface area contributed by atoms with E-state index < -0.39 is 0 Å². The lowest BCUT2D eigenvalue weighted by molar-refractivity contribution is -0.127. The van der Waals surface area contributed by atoms with Crippen molar-refractivity contribution >= 4 is 17.7 Å². The molecule has 1 amide bonds. The maximum absolute atomic E-state index is 12.7. The minimum absolute atomic E-state index is 0.0328. The van der Waals surface area contributed by atoms with Crippen molar-refractivity contribution in [3.63, 3.8) is 0 Å². The highest BCUT2D eigenvalue weighted by atomic mass is 32.2. The molecule has 7 heteroatoms. The zero-order chi connectivity index (χ0) is 20.9. The molecule has 2 aromatic heterocycles. The molecule has 30 heavy (non-hydrogen) atoms. The molecule has 0 unspecified atom stereocenters. The molecule has 0 fully saturated rings. The largest absolute Gasteiger partial charge is 0.461 e. The van der Waals surface area contributed by atoms with Crippen LogP contribution in [0.15, 0.2) is 82.6 Å². The first-order valence-electron chi connectivity index (χ1n) is 9.59. The Hall–Kier alpha value is -3.32. The second kappa shape index (κ2) is 9.00. The molecular formula is C23H22N4O2S. The normalized spacial score (nSPS) is 10.9. The highest BCUT2D eigenvalue weighted by Crippen LogP contribution is 2.28. The molecule has 0 aliphatic heterocycles. The van der Waals surface area contributed by atoms with Gasteiger partial charge in [-0.1, -0.05) is 54.2 Å². The second-order valence-corrected chi connectivity index (χ2v) is 7.86. The summed E-state index contributed by atoms with van der Waals surface area (Å²) in [6.45, 7) is 2.63. The van der Waals surface area contributed by atoms with Gasteiger partial charge in [0, 0.05) is 19.3 Å². The topological polar surface area (TPSA) is 64.2 Å². The van der Waals surface area contributed by atoms with E-state index >= 15 is 0 Å². The van der Waals surface area contributed by atoms with Gasteiger partial charge >= 0.3 is 0 Å². The smallest absolute Gasteiger partial charge is 0.233 e. The van der Waals surface area contributed by atoms with E-state index in [1.807, 2.05) is 72.3 Å². The van der Waals surface area contributed by atoms with Crippen molar-refractivity contribution in [2.24, 2.45) is 0 Å². The second-order valence-electron chi connectivity index (χ2n) is 6.92. The minimum Gasteiger partial charge on any atom is -0.461 e. The Balaban J connectivity index is 1.52. The molecule has 2 aromatic carbocycles. The van der Waals surface area contributed by atoms with E-state index in [0.717, 1.165) is 11.3 Å². The number of carbonyl (C=O) groups is 1. The van der Waals surface area contributed by atoms with Crippen LogP contribution in [0.25, 0.3) is 17.3 Å². The number of nitrogens with zero attached hydrogens (tertiary/aromatic N) is 4. The van der Waals surface area contributed by atoms with Gasteiger partial charge in [0.1, 0.15) is 0 Å². The number of thioether (sulfide) groups is 1. The maximum atomic E-state index is 12.7. The summed E-state index contributed by atoms with van der Waals surface area (Å²) in [5, 5.41) is 9.28. The molecule has 0 atom stereocenters. The Morgan fingerprint density at radius 3 is 2.53 bits per heavy atom. The average Bonchev–Trinajstić information content (AvgIpc) is 3.44. The number of rotatable bonds is 7. The van der Waals surface area contributed by atoms with Crippen molar-refractivity contribution in [2.45, 2.75) is 18.6 Å². The van der Waals surface area contributed by atoms with E-state index in [0.29, 0.717) is 23.3 Å². The molecule has 2 heterocycles. The molecule has 152 valence electrons. The third kappa shape index (κ3) is 4.31. The molecule has 0 saturated heterocycles. The number of aryl methyl sites for hydroxylation is 1. The maximum Gasteiger partial charge on any atom is 0.233 e. The third-order valence-corrected chi connectivity index (χ3v) is 5.72. The molecule has 0 aliphatic rings. The summed E-state index contributed by atoms with van der Waals surface area (Å²) in [5.74, 6) is 1.53. The first-order chi connectivity index (χ1) is 14.6. The molecular weight excluding hydrogens is 396 g/mol. The molecule has 0 saturated carbocycles. The van der Waals surface area contributed by atoms with Crippen LogP contribution in [0.2, 0.25) is 0 Å². The number of hydrogen-bond donors (Lipinski definition) is 0. The molecule has 6 nitrogen and oxygen atoms in total. The SMILES string of the molecule is Cc1ccccc1CN(C)C(=O)CSc1nnc(-c2ccco2)n1-c1ccccc1. The predicted octanol–water partition coefficient (Wildman–Crippen LogP) is 4.59. The lowest BCUT2D eigenvalue weighted by Crippen LogP contribution is -2.28. The summed E-state index contributed by atoms with van der Waals surface area (Å²) in [7, 11) is 1.82. The fourth-order valence-corrected chi connectivity index (χ4v) is 4.00. The number of aromatic nitrogens is 3. The van der Waals surface area contributed by atoms with Crippen molar-refractivity contribution in [3.8, 4) is 17.3 Å². The Labute approximate surface area is 179 Å². The highest BCUT2D eigenvalue weighted by molar-refractivity contribution is 7.99. The van der Waals surface area contributed by atoms with E-state index in [4.69, 9.17) is 4.42 Å². The van der Waals surface area contributed by atoms with E-state index in [9.17, 15) is 4.79 Å². The Kier molecular flexibility index (Phi) is 5.99. The highest BCUT2D eigenvalue weighted by Gasteiger charge is 2.19. The zero-order valence-electron chi connectivity index (χ0n) is 16.9. The van der Waals surface area contributed by atoms with Gasteiger partial charge in [-0.2, -0.15) is 0 Å². The Morgan fingerprint density at radius 1 is 1.03 bits per heavy atom. The van der Waals surface area contributed by atoms with Gasteiger partial charge < -0.3 is 9.32 Å². The van der Waals surface area contributed by atoms with Gasteiger partial charge in [0.25, 0.3) is 0 Å². The first kappa shape index (κ1) is 20.0. The first-order valence-corrected chi connectivity index (χ1v) is 10.6. The standard InChI is InChI=1S/C23H22N4O2S/c1-17-9-6-7-10-18(17)15-26(2)21(28)16-30-23-25-24-22(20-13-8-14-29-20)27(23)19-11-4-3-5-12-19/h3-14H,15-16H2,1-2H3. The molecule has 0 N–H and O–H groups in total. The van der Waals surface area contributed by atoms with Crippen LogP contribution in [-0.4, -0.2) is 38.4 Å². The lowest BCUT2D eigenvalue weighted by atomic mass is 10.1. The van der Waals surface area contributed by atoms with Gasteiger partial charge in [-0.3, -0.25) is 9.36 Å². The van der Waals surface area contributed by atoms with E-state index in [2.05, 4.69) is 23.2 Å². The van der Waals surface area contributed by atoms with E-state index in [-0.39, 0.29) is 11.7 Å². The third-order valence-electron chi connectivity index (χ3n) is 4.81. The summed E-state index contributed by atoms with van der Waals surface area (Å²) in [4.78, 5) is 14.5. The zero-order valence-corrected chi connectivity index (χ0v) is 17.7. The number of furan rings is 1. The minimum atomic E-state index is 0.0328. The van der Waals surface area contributed by atoms with Crippen molar-refractivity contribution in [1.29, 1.82) is 0 Å². The summed E-state index contributed by atoms with van der Waals surface area (Å²) >= 11 is 1.37. The summed E-state index contributed by atoms with van der Waals surface area (Å²) in [6.07, 6.45) is 1.61. The van der Waals surface area contributed by atoms with Crippen molar-refractivity contribution in [2.75, 3.05) is 12.8 Å². The molecule has 4 aromatic rings. The molecule has 0 bridgehead atoms. The van der Waals surface area contributed by atoms with Gasteiger partial charge in [0.05, 0.1) is 12.0 Å². The van der Waals surface area contributed by atoms with Crippen LogP contribution in [0.5, 0.6) is 0 Å². The quantitative estimate of drug-likeness (QED) is 0.411. The lowest BCUT2D eigenvalue weighted by Gasteiger charge is -2.18. The van der Waals surface area contributed by atoms with Gasteiger partial charge in [-0.15, -0.1) is 10.2 Å². The monoisotopic (exact) mass is 418 g/mol. The van der Waals surface area contributed by atoms with Crippen LogP contribution in [0.4, 0.5) is 0 Å². The van der Waals surface area contributed by atoms with Crippen LogP contribution in [0, 0.1) is 6.92 Å². The van der Waals surface area contributed by atoms with Crippen molar-refractivity contribution in [3.05, 3.63) is 84.1 Å². The van der Waals surface area contributed by atoms with E-state index in [1.165, 1.54) is 17.3 Å². The summed E-state index contributed by atoms with van der Waals surface area (Å²) in [5.41, 5.74) is 3.24. The number of amides is 1. The molecule has 4 rings (SSSR count). The van der Waals surface area contributed by atoms with Gasteiger partial charge in [-0.05, 0) is 42.3 Å². The van der Waals surface area contributed by atoms with Crippen LogP contribution in [0.3, 0.4) is 0 Å². The average molecular weight is 419 g/mol. The van der Waals surface area contributed by atoms with Crippen LogP contribution >= 0.6 is 11.8 Å². The van der Waals surface area contributed by atoms with Gasteiger partial charge in [0.15, 0.2) is 10.9 Å². The fraction of sp³-hybridized carbons (Fsp3) is 0.174. The Bertz CT molecular complexity index is 1120. The number of para-hydroxylation sites is 1. The summed E-state index contributed by atoms with van der Waals surface area (Å²) in [6, 6.07) is 21.6. The number of carbonyl (C=O) groups excluding carboxylic acids is 1. The van der Waals surface area contributed by atoms with Gasteiger partial charge in [-0.25, -0.2) is 0 Å². The fourth-order valence-electron chi connectivity index (χ4n) is 3.11. The predicted molar refractivity (Wildman–Crippen MR) is 117 cm³/mol. The molecule has 0 aliphatic carbocycles. The van der Waals surface area contributed by atoms with Crippen LogP contribution in [0.1, 0.15) is 11.1 Å². The van der Waals surface area contributed by atoms with Crippen LogP contribution in [-0.2, 0) is 11.3 Å². The van der Waals surface area contributed by atoms with Crippen LogP contribution < -0.4 is 0 Å². The number of benzene rings is 2. The van der Waals surface area contributed by atoms with E-state index in [1.54, 1.807) is 11.2 Å². The van der Waals surface area contributed by atoms with Gasteiger partial charge in [0.2, 0.25) is 11.7 Å².